The van der Waals surface area contributed by atoms with Crippen molar-refractivity contribution in [2.75, 3.05) is 5.32 Å². The maximum Gasteiger partial charge on any atom is 0.265 e. The highest BCUT2D eigenvalue weighted by atomic mass is 79.9. The second-order valence-corrected chi connectivity index (χ2v) is 6.41. The van der Waals surface area contributed by atoms with Crippen molar-refractivity contribution < 1.29 is 4.79 Å². The van der Waals surface area contributed by atoms with E-state index in [1.54, 1.807) is 12.1 Å². The molecule has 1 aromatic carbocycles. The zero-order valence-corrected chi connectivity index (χ0v) is 12.1. The average molecular weight is 331 g/mol. The van der Waals surface area contributed by atoms with Crippen LogP contribution in [0.3, 0.4) is 0 Å². The lowest BCUT2D eigenvalue weighted by atomic mass is 10.2. The lowest BCUT2D eigenvalue weighted by Crippen LogP contribution is -2.10. The molecule has 0 saturated carbocycles. The van der Waals surface area contributed by atoms with E-state index in [-0.39, 0.29) is 5.91 Å². The van der Waals surface area contributed by atoms with Crippen molar-refractivity contribution in [3.8, 4) is 0 Å². The Bertz CT molecular complexity index is 567. The summed E-state index contributed by atoms with van der Waals surface area (Å²) in [5.74, 6) is -0.145. The molecule has 0 aliphatic rings. The molecule has 2 aromatic rings. The number of benzene rings is 1. The van der Waals surface area contributed by atoms with Gasteiger partial charge in [0.05, 0.1) is 19.4 Å². The number of hydrogen-bond donors (Lipinski definition) is 1. The van der Waals surface area contributed by atoms with Gasteiger partial charge < -0.3 is 5.32 Å². The number of hydrogen-bond acceptors (Lipinski definition) is 2. The topological polar surface area (TPSA) is 29.1 Å². The summed E-state index contributed by atoms with van der Waals surface area (Å²) in [5, 5.41) is 3.34. The van der Waals surface area contributed by atoms with E-state index in [1.807, 2.05) is 25.1 Å². The molecule has 0 unspecified atom stereocenters. The van der Waals surface area contributed by atoms with Crippen molar-refractivity contribution in [1.82, 2.24) is 0 Å². The fourth-order valence-electron chi connectivity index (χ4n) is 1.36. The third-order valence-electron chi connectivity index (χ3n) is 2.17. The lowest BCUT2D eigenvalue weighted by molar-refractivity contribution is 0.103. The number of amides is 1. The van der Waals surface area contributed by atoms with Crippen LogP contribution in [-0.4, -0.2) is 5.91 Å². The first-order valence-corrected chi connectivity index (χ1v) is 6.88. The van der Waals surface area contributed by atoms with Crippen molar-refractivity contribution >= 4 is 50.5 Å². The number of anilines is 1. The van der Waals surface area contributed by atoms with Crippen LogP contribution >= 0.6 is 38.9 Å². The molecule has 88 valence electrons. The van der Waals surface area contributed by atoms with Crippen molar-refractivity contribution in [3.63, 3.8) is 0 Å². The van der Waals surface area contributed by atoms with Gasteiger partial charge in [-0.25, -0.2) is 0 Å². The molecule has 0 aliphatic carbocycles. The molecule has 1 amide bonds. The predicted octanol–water partition coefficient (Wildman–Crippen LogP) is 4.72. The maximum atomic E-state index is 11.9. The lowest BCUT2D eigenvalue weighted by Gasteiger charge is -2.06. The molecule has 0 atom stereocenters. The summed E-state index contributed by atoms with van der Waals surface area (Å²) in [4.78, 5) is 12.6. The van der Waals surface area contributed by atoms with Crippen LogP contribution in [0.15, 0.2) is 34.1 Å². The predicted molar refractivity (Wildman–Crippen MR) is 76.2 cm³/mol. The van der Waals surface area contributed by atoms with Gasteiger partial charge in [-0.2, -0.15) is 0 Å². The van der Waals surface area contributed by atoms with E-state index in [0.29, 0.717) is 15.6 Å². The minimum atomic E-state index is -0.145. The molecule has 17 heavy (non-hydrogen) atoms. The van der Waals surface area contributed by atoms with E-state index in [0.717, 1.165) is 9.35 Å². The number of carbonyl (C=O) groups excluding carboxylic acids is 1. The fraction of sp³-hybridized carbons (Fsp3) is 0.0833. The quantitative estimate of drug-likeness (QED) is 0.847. The maximum absolute atomic E-state index is 11.9. The molecule has 1 aromatic heterocycles. The Morgan fingerprint density at radius 1 is 1.35 bits per heavy atom. The van der Waals surface area contributed by atoms with Crippen molar-refractivity contribution in [1.29, 1.82) is 0 Å². The first kappa shape index (κ1) is 12.6. The van der Waals surface area contributed by atoms with Crippen LogP contribution in [0, 0.1) is 6.92 Å². The second kappa shape index (κ2) is 5.21. The Kier molecular flexibility index (Phi) is 3.86. The molecular weight excluding hydrogens is 322 g/mol. The molecule has 2 nitrogen and oxygen atoms in total. The van der Waals surface area contributed by atoms with Gasteiger partial charge in [0.25, 0.3) is 5.91 Å². The molecule has 5 heteroatoms. The summed E-state index contributed by atoms with van der Waals surface area (Å²) in [6, 6.07) is 9.14. The summed E-state index contributed by atoms with van der Waals surface area (Å²) in [6.45, 7) is 1.95. The standard InChI is InChI=1S/C12H9BrClNOS/c1-7-2-3-8(14)9(6-7)15-12(16)10-4-5-11(13)17-10/h2-6H,1H3,(H,15,16). The van der Waals surface area contributed by atoms with Gasteiger partial charge in [0, 0.05) is 0 Å². The van der Waals surface area contributed by atoms with Gasteiger partial charge in [-0.15, -0.1) is 11.3 Å². The van der Waals surface area contributed by atoms with Gasteiger partial charge in [0.1, 0.15) is 0 Å². The zero-order valence-electron chi connectivity index (χ0n) is 8.96. The largest absolute Gasteiger partial charge is 0.320 e. The highest BCUT2D eigenvalue weighted by molar-refractivity contribution is 9.11. The smallest absolute Gasteiger partial charge is 0.265 e. The van der Waals surface area contributed by atoms with Crippen molar-refractivity contribution in [2.24, 2.45) is 0 Å². The third kappa shape index (κ3) is 3.09. The summed E-state index contributed by atoms with van der Waals surface area (Å²) in [6.07, 6.45) is 0. The van der Waals surface area contributed by atoms with E-state index in [9.17, 15) is 4.79 Å². The highest BCUT2D eigenvalue weighted by Gasteiger charge is 2.10. The fourth-order valence-corrected chi connectivity index (χ4v) is 2.80. The van der Waals surface area contributed by atoms with Crippen molar-refractivity contribution in [2.45, 2.75) is 6.92 Å². The van der Waals surface area contributed by atoms with E-state index in [2.05, 4.69) is 21.2 Å². The molecule has 1 heterocycles. The normalized spacial score (nSPS) is 10.3. The zero-order chi connectivity index (χ0) is 12.4. The monoisotopic (exact) mass is 329 g/mol. The Morgan fingerprint density at radius 3 is 2.76 bits per heavy atom. The number of thiophene rings is 1. The Morgan fingerprint density at radius 2 is 2.12 bits per heavy atom. The number of carbonyl (C=O) groups is 1. The Balaban J connectivity index is 2.21. The molecule has 0 aliphatic heterocycles. The van der Waals surface area contributed by atoms with Gasteiger partial charge >= 0.3 is 0 Å². The molecule has 0 spiro atoms. The number of rotatable bonds is 2. The van der Waals surface area contributed by atoms with Crippen molar-refractivity contribution in [3.05, 3.63) is 49.6 Å². The van der Waals surface area contributed by atoms with Crippen LogP contribution < -0.4 is 5.32 Å². The van der Waals surface area contributed by atoms with Gasteiger partial charge in [-0.05, 0) is 52.7 Å². The van der Waals surface area contributed by atoms with Crippen LogP contribution in [0.5, 0.6) is 0 Å². The summed E-state index contributed by atoms with van der Waals surface area (Å²) in [7, 11) is 0. The summed E-state index contributed by atoms with van der Waals surface area (Å²) >= 11 is 10.7. The highest BCUT2D eigenvalue weighted by Crippen LogP contribution is 2.26. The number of aryl methyl sites for hydroxylation is 1. The molecular formula is C12H9BrClNOS. The molecule has 0 radical (unpaired) electrons. The van der Waals surface area contributed by atoms with Gasteiger partial charge in [0.2, 0.25) is 0 Å². The van der Waals surface area contributed by atoms with E-state index in [1.165, 1.54) is 11.3 Å². The molecule has 1 N–H and O–H groups in total. The minimum Gasteiger partial charge on any atom is -0.320 e. The van der Waals surface area contributed by atoms with Crippen LogP contribution in [-0.2, 0) is 0 Å². The van der Waals surface area contributed by atoms with Crippen LogP contribution in [0.1, 0.15) is 15.2 Å². The first-order valence-electron chi connectivity index (χ1n) is 4.89. The van der Waals surface area contributed by atoms with Crippen LogP contribution in [0.4, 0.5) is 5.69 Å². The van der Waals surface area contributed by atoms with E-state index >= 15 is 0 Å². The van der Waals surface area contributed by atoms with E-state index < -0.39 is 0 Å². The third-order valence-corrected chi connectivity index (χ3v) is 4.12. The van der Waals surface area contributed by atoms with Gasteiger partial charge in [-0.3, -0.25) is 4.79 Å². The average Bonchev–Trinajstić information content (AvgIpc) is 2.70. The Labute approximate surface area is 117 Å². The number of halogens is 2. The van der Waals surface area contributed by atoms with Crippen LogP contribution in [0.2, 0.25) is 5.02 Å². The minimum absolute atomic E-state index is 0.145. The van der Waals surface area contributed by atoms with Crippen LogP contribution in [0.25, 0.3) is 0 Å². The first-order chi connectivity index (χ1) is 8.06. The van der Waals surface area contributed by atoms with E-state index in [4.69, 9.17) is 11.6 Å². The van der Waals surface area contributed by atoms with Gasteiger partial charge in [-0.1, -0.05) is 17.7 Å². The number of nitrogens with one attached hydrogen (secondary N) is 1. The summed E-state index contributed by atoms with van der Waals surface area (Å²) in [5.41, 5.74) is 1.69. The molecule has 2 rings (SSSR count). The summed E-state index contributed by atoms with van der Waals surface area (Å²) < 4.78 is 0.929. The second-order valence-electron chi connectivity index (χ2n) is 3.54. The SMILES string of the molecule is Cc1ccc(Cl)c(NC(=O)c2ccc(Br)s2)c1. The molecule has 0 bridgehead atoms. The van der Waals surface area contributed by atoms with Gasteiger partial charge in [0.15, 0.2) is 0 Å². The Hall–Kier alpha value is -0.840. The molecule has 0 fully saturated rings. The molecule has 0 saturated heterocycles.